The Kier molecular flexibility index (Phi) is 5.72. The first-order valence-corrected chi connectivity index (χ1v) is 8.37. The summed E-state index contributed by atoms with van der Waals surface area (Å²) in [4.78, 5) is 12.2. The smallest absolute Gasteiger partial charge is 0.323 e. The van der Waals surface area contributed by atoms with E-state index in [9.17, 15) is 4.79 Å². The van der Waals surface area contributed by atoms with Gasteiger partial charge < -0.3 is 20.1 Å². The lowest BCUT2D eigenvalue weighted by molar-refractivity contribution is 0.262. The maximum Gasteiger partial charge on any atom is 0.323 e. The van der Waals surface area contributed by atoms with Gasteiger partial charge in [0.05, 0.1) is 12.3 Å². The molecular formula is C21H20N2O3. The Morgan fingerprint density at radius 1 is 0.808 bits per heavy atom. The zero-order valence-corrected chi connectivity index (χ0v) is 14.4. The molecule has 0 aliphatic heterocycles. The molecule has 0 atom stereocenters. The Balaban J connectivity index is 1.68. The molecule has 3 aromatic carbocycles. The maximum absolute atomic E-state index is 12.2. The molecule has 2 N–H and O–H groups in total. The van der Waals surface area contributed by atoms with E-state index in [0.717, 1.165) is 11.4 Å². The first-order valence-electron chi connectivity index (χ1n) is 8.37. The summed E-state index contributed by atoms with van der Waals surface area (Å²) in [5, 5.41) is 5.59. The third kappa shape index (κ3) is 4.77. The first-order chi connectivity index (χ1) is 12.7. The van der Waals surface area contributed by atoms with Gasteiger partial charge in [-0.15, -0.1) is 0 Å². The van der Waals surface area contributed by atoms with Crippen molar-refractivity contribution < 1.29 is 14.3 Å². The van der Waals surface area contributed by atoms with Gasteiger partial charge in [0.15, 0.2) is 5.75 Å². The topological polar surface area (TPSA) is 59.6 Å². The Bertz CT molecular complexity index is 849. The molecule has 0 fully saturated rings. The number of urea groups is 1. The van der Waals surface area contributed by atoms with Crippen LogP contribution in [0.2, 0.25) is 0 Å². The zero-order valence-electron chi connectivity index (χ0n) is 14.4. The molecule has 0 aliphatic carbocycles. The molecule has 0 bridgehead atoms. The minimum Gasteiger partial charge on any atom is -0.494 e. The summed E-state index contributed by atoms with van der Waals surface area (Å²) in [6.45, 7) is 2.55. The lowest BCUT2D eigenvalue weighted by Gasteiger charge is -2.13. The molecule has 0 unspecified atom stereocenters. The Morgan fingerprint density at radius 3 is 2.19 bits per heavy atom. The fourth-order valence-electron chi connectivity index (χ4n) is 2.36. The fraction of sp³-hybridized carbons (Fsp3) is 0.0952. The van der Waals surface area contributed by atoms with E-state index >= 15 is 0 Å². The van der Waals surface area contributed by atoms with Gasteiger partial charge in [-0.25, -0.2) is 4.79 Å². The Labute approximate surface area is 152 Å². The second-order valence-electron chi connectivity index (χ2n) is 5.45. The molecule has 0 aromatic heterocycles. The molecule has 0 saturated carbocycles. The van der Waals surface area contributed by atoms with Crippen LogP contribution in [-0.2, 0) is 0 Å². The average molecular weight is 348 g/mol. The van der Waals surface area contributed by atoms with E-state index in [2.05, 4.69) is 10.6 Å². The Hall–Kier alpha value is -3.47. The van der Waals surface area contributed by atoms with Crippen LogP contribution in [0.4, 0.5) is 16.2 Å². The van der Waals surface area contributed by atoms with Crippen LogP contribution in [0.15, 0.2) is 78.9 Å². The SMILES string of the molecule is CCOc1ccc(Oc2ccccc2NC(=O)Nc2ccccc2)cc1. The summed E-state index contributed by atoms with van der Waals surface area (Å²) in [6, 6.07) is 23.5. The molecule has 132 valence electrons. The highest BCUT2D eigenvalue weighted by Gasteiger charge is 2.09. The Morgan fingerprint density at radius 2 is 1.46 bits per heavy atom. The number of anilines is 2. The van der Waals surface area contributed by atoms with E-state index in [1.807, 2.05) is 73.7 Å². The van der Waals surface area contributed by atoms with Crippen LogP contribution in [0, 0.1) is 0 Å². The van der Waals surface area contributed by atoms with Crippen LogP contribution in [0.3, 0.4) is 0 Å². The number of rotatable bonds is 6. The molecule has 0 heterocycles. The summed E-state index contributed by atoms with van der Waals surface area (Å²) < 4.78 is 11.3. The molecule has 0 radical (unpaired) electrons. The van der Waals surface area contributed by atoms with Crippen molar-refractivity contribution in [3.05, 3.63) is 78.9 Å². The van der Waals surface area contributed by atoms with Gasteiger partial charge in [-0.05, 0) is 55.5 Å². The number of carbonyl (C=O) groups excluding carboxylic acids is 1. The molecule has 0 saturated heterocycles. The van der Waals surface area contributed by atoms with E-state index in [-0.39, 0.29) is 6.03 Å². The van der Waals surface area contributed by atoms with Crippen molar-refractivity contribution in [1.82, 2.24) is 0 Å². The second-order valence-corrected chi connectivity index (χ2v) is 5.45. The summed E-state index contributed by atoms with van der Waals surface area (Å²) in [6.07, 6.45) is 0. The van der Waals surface area contributed by atoms with Crippen LogP contribution in [0.25, 0.3) is 0 Å². The zero-order chi connectivity index (χ0) is 18.2. The standard InChI is InChI=1S/C21H20N2O3/c1-2-25-17-12-14-18(15-13-17)26-20-11-7-6-10-19(20)23-21(24)22-16-8-4-3-5-9-16/h3-15H,2H2,1H3,(H2,22,23,24). The molecular weight excluding hydrogens is 328 g/mol. The lowest BCUT2D eigenvalue weighted by Crippen LogP contribution is -2.19. The minimum atomic E-state index is -0.334. The van der Waals surface area contributed by atoms with E-state index in [0.29, 0.717) is 23.8 Å². The average Bonchev–Trinajstić information content (AvgIpc) is 2.66. The highest BCUT2D eigenvalue weighted by atomic mass is 16.5. The summed E-state index contributed by atoms with van der Waals surface area (Å²) in [5.74, 6) is 2.00. The molecule has 3 rings (SSSR count). The molecule has 5 heteroatoms. The van der Waals surface area contributed by atoms with Crippen LogP contribution in [0.5, 0.6) is 17.2 Å². The van der Waals surface area contributed by atoms with Gasteiger partial charge in [0, 0.05) is 5.69 Å². The normalized spacial score (nSPS) is 10.0. The predicted molar refractivity (Wildman–Crippen MR) is 103 cm³/mol. The van der Waals surface area contributed by atoms with E-state index in [1.54, 1.807) is 12.1 Å². The number of carbonyl (C=O) groups is 1. The van der Waals surface area contributed by atoms with Crippen LogP contribution < -0.4 is 20.1 Å². The fourth-order valence-corrected chi connectivity index (χ4v) is 2.36. The quantitative estimate of drug-likeness (QED) is 0.616. The van der Waals surface area contributed by atoms with Crippen LogP contribution in [-0.4, -0.2) is 12.6 Å². The largest absolute Gasteiger partial charge is 0.494 e. The lowest BCUT2D eigenvalue weighted by atomic mass is 10.3. The number of benzene rings is 3. The maximum atomic E-state index is 12.2. The third-order valence-electron chi connectivity index (χ3n) is 3.53. The van der Waals surface area contributed by atoms with Crippen molar-refractivity contribution in [1.29, 1.82) is 0 Å². The van der Waals surface area contributed by atoms with Gasteiger partial charge in [0.1, 0.15) is 11.5 Å². The molecule has 0 aliphatic rings. The first kappa shape index (κ1) is 17.4. The molecule has 2 amide bonds. The van der Waals surface area contributed by atoms with Gasteiger partial charge in [-0.3, -0.25) is 0 Å². The van der Waals surface area contributed by atoms with Crippen molar-refractivity contribution in [2.45, 2.75) is 6.92 Å². The van der Waals surface area contributed by atoms with E-state index in [4.69, 9.17) is 9.47 Å². The van der Waals surface area contributed by atoms with Gasteiger partial charge in [-0.2, -0.15) is 0 Å². The number of ether oxygens (including phenoxy) is 2. The number of hydrogen-bond acceptors (Lipinski definition) is 3. The third-order valence-corrected chi connectivity index (χ3v) is 3.53. The number of para-hydroxylation sites is 3. The summed E-state index contributed by atoms with van der Waals surface area (Å²) in [5.41, 5.74) is 1.30. The minimum absolute atomic E-state index is 0.334. The predicted octanol–water partition coefficient (Wildman–Crippen LogP) is 5.52. The van der Waals surface area contributed by atoms with Gasteiger partial charge in [0.2, 0.25) is 0 Å². The summed E-state index contributed by atoms with van der Waals surface area (Å²) in [7, 11) is 0. The number of nitrogens with one attached hydrogen (secondary N) is 2. The van der Waals surface area contributed by atoms with Crippen molar-refractivity contribution in [3.8, 4) is 17.2 Å². The van der Waals surface area contributed by atoms with Crippen molar-refractivity contribution in [2.24, 2.45) is 0 Å². The molecule has 5 nitrogen and oxygen atoms in total. The molecule has 26 heavy (non-hydrogen) atoms. The van der Waals surface area contributed by atoms with Gasteiger partial charge >= 0.3 is 6.03 Å². The van der Waals surface area contributed by atoms with Crippen LogP contribution in [0.1, 0.15) is 6.92 Å². The monoisotopic (exact) mass is 348 g/mol. The van der Waals surface area contributed by atoms with Gasteiger partial charge in [0.25, 0.3) is 0 Å². The van der Waals surface area contributed by atoms with Crippen LogP contribution >= 0.6 is 0 Å². The van der Waals surface area contributed by atoms with Crippen molar-refractivity contribution in [3.63, 3.8) is 0 Å². The van der Waals surface area contributed by atoms with Gasteiger partial charge in [-0.1, -0.05) is 30.3 Å². The second kappa shape index (κ2) is 8.58. The number of amides is 2. The molecule has 3 aromatic rings. The van der Waals surface area contributed by atoms with Crippen molar-refractivity contribution in [2.75, 3.05) is 17.2 Å². The molecule has 0 spiro atoms. The number of hydrogen-bond donors (Lipinski definition) is 2. The van der Waals surface area contributed by atoms with E-state index in [1.165, 1.54) is 0 Å². The van der Waals surface area contributed by atoms with Crippen molar-refractivity contribution >= 4 is 17.4 Å². The van der Waals surface area contributed by atoms with E-state index < -0.39 is 0 Å². The highest BCUT2D eigenvalue weighted by Crippen LogP contribution is 2.30. The summed E-state index contributed by atoms with van der Waals surface area (Å²) >= 11 is 0. The highest BCUT2D eigenvalue weighted by molar-refractivity contribution is 6.00.